The number of nitro groups is 1. The van der Waals surface area contributed by atoms with Crippen molar-refractivity contribution in [3.05, 3.63) is 33.9 Å². The number of rotatable bonds is 5. The van der Waals surface area contributed by atoms with Gasteiger partial charge in [0.1, 0.15) is 5.69 Å². The third-order valence-electron chi connectivity index (χ3n) is 4.70. The lowest BCUT2D eigenvalue weighted by molar-refractivity contribution is -0.384. The zero-order chi connectivity index (χ0) is 15.6. The summed E-state index contributed by atoms with van der Waals surface area (Å²) in [6, 6.07) is 4.14. The molecule has 0 aromatic heterocycles. The molecule has 0 radical (unpaired) electrons. The zero-order valence-electron chi connectivity index (χ0n) is 12.3. The Balaban J connectivity index is 2.36. The molecule has 2 rings (SSSR count). The lowest BCUT2D eigenvalue weighted by atomic mass is 9.82. The predicted octanol–water partition coefficient (Wildman–Crippen LogP) is 3.31. The van der Waals surface area contributed by atoms with Gasteiger partial charge >= 0.3 is 5.97 Å². The first-order valence-electron chi connectivity index (χ1n) is 7.19. The van der Waals surface area contributed by atoms with Crippen molar-refractivity contribution in [3.8, 4) is 0 Å². The number of anilines is 1. The van der Waals surface area contributed by atoms with E-state index in [1.54, 1.807) is 6.07 Å². The highest BCUT2D eigenvalue weighted by atomic mass is 16.6. The van der Waals surface area contributed by atoms with E-state index in [4.69, 9.17) is 5.11 Å². The molecular formula is C15H20N2O4. The molecule has 21 heavy (non-hydrogen) atoms. The maximum Gasteiger partial charge on any atom is 0.335 e. The highest BCUT2D eigenvalue weighted by Crippen LogP contribution is 2.41. The molecule has 0 spiro atoms. The van der Waals surface area contributed by atoms with Gasteiger partial charge in [-0.25, -0.2) is 4.79 Å². The van der Waals surface area contributed by atoms with Crippen molar-refractivity contribution < 1.29 is 14.8 Å². The first-order valence-corrected chi connectivity index (χ1v) is 7.19. The van der Waals surface area contributed by atoms with E-state index >= 15 is 0 Å². The zero-order valence-corrected chi connectivity index (χ0v) is 12.3. The van der Waals surface area contributed by atoms with Gasteiger partial charge in [-0.15, -0.1) is 0 Å². The Kier molecular flexibility index (Phi) is 4.16. The average Bonchev–Trinajstić information content (AvgIpc) is 2.91. The molecule has 1 aliphatic rings. The first kappa shape index (κ1) is 15.3. The Labute approximate surface area is 123 Å². The molecule has 0 saturated carbocycles. The van der Waals surface area contributed by atoms with Crippen LogP contribution in [0, 0.1) is 15.5 Å². The monoisotopic (exact) mass is 292 g/mol. The SMILES string of the molecule is CCC1(CC)CCN(c2ccc(C(=O)O)cc2[N+](=O)[O-])C1. The molecule has 1 saturated heterocycles. The molecule has 1 aromatic rings. The normalized spacial score (nSPS) is 17.0. The van der Waals surface area contributed by atoms with Gasteiger partial charge in [0.2, 0.25) is 0 Å². The molecule has 1 aliphatic heterocycles. The quantitative estimate of drug-likeness (QED) is 0.665. The maximum atomic E-state index is 11.2. The maximum absolute atomic E-state index is 11.2. The number of hydrogen-bond donors (Lipinski definition) is 1. The van der Waals surface area contributed by atoms with E-state index < -0.39 is 10.9 Å². The van der Waals surface area contributed by atoms with Crippen LogP contribution in [-0.4, -0.2) is 29.1 Å². The number of benzene rings is 1. The van der Waals surface area contributed by atoms with Gasteiger partial charge in [-0.2, -0.15) is 0 Å². The molecule has 6 heteroatoms. The van der Waals surface area contributed by atoms with Crippen LogP contribution in [0.4, 0.5) is 11.4 Å². The van der Waals surface area contributed by atoms with Gasteiger partial charge in [-0.05, 0) is 36.8 Å². The van der Waals surface area contributed by atoms with Crippen molar-refractivity contribution >= 4 is 17.3 Å². The predicted molar refractivity (Wildman–Crippen MR) is 79.9 cm³/mol. The lowest BCUT2D eigenvalue weighted by Gasteiger charge is -2.27. The summed E-state index contributed by atoms with van der Waals surface area (Å²) in [6.07, 6.45) is 3.10. The van der Waals surface area contributed by atoms with Crippen molar-refractivity contribution in [1.29, 1.82) is 0 Å². The van der Waals surface area contributed by atoms with Gasteiger partial charge in [0, 0.05) is 19.2 Å². The number of carboxylic acid groups (broad SMARTS) is 1. The number of nitro benzene ring substituents is 1. The third kappa shape index (κ3) is 2.84. The largest absolute Gasteiger partial charge is 0.478 e. The van der Waals surface area contributed by atoms with Crippen LogP contribution < -0.4 is 4.90 Å². The molecule has 0 aliphatic carbocycles. The van der Waals surface area contributed by atoms with Crippen LogP contribution in [0.25, 0.3) is 0 Å². The smallest absolute Gasteiger partial charge is 0.335 e. The fourth-order valence-corrected chi connectivity index (χ4v) is 3.04. The van der Waals surface area contributed by atoms with E-state index in [9.17, 15) is 14.9 Å². The molecule has 0 amide bonds. The topological polar surface area (TPSA) is 83.7 Å². The Hall–Kier alpha value is -2.11. The van der Waals surface area contributed by atoms with Gasteiger partial charge in [0.15, 0.2) is 0 Å². The van der Waals surface area contributed by atoms with E-state index in [1.165, 1.54) is 6.07 Å². The molecule has 0 bridgehead atoms. The highest BCUT2D eigenvalue weighted by molar-refractivity contribution is 5.89. The molecule has 114 valence electrons. The molecule has 1 heterocycles. The molecule has 0 atom stereocenters. The minimum atomic E-state index is -1.15. The van der Waals surface area contributed by atoms with Crippen molar-refractivity contribution in [1.82, 2.24) is 0 Å². The van der Waals surface area contributed by atoms with Crippen LogP contribution in [-0.2, 0) is 0 Å². The van der Waals surface area contributed by atoms with Crippen LogP contribution in [0.5, 0.6) is 0 Å². The van der Waals surface area contributed by atoms with E-state index in [2.05, 4.69) is 13.8 Å². The van der Waals surface area contributed by atoms with E-state index in [1.807, 2.05) is 4.90 Å². The number of aromatic carboxylic acids is 1. The van der Waals surface area contributed by atoms with Crippen LogP contribution in [0.1, 0.15) is 43.5 Å². The second kappa shape index (κ2) is 5.71. The molecule has 1 N–H and O–H groups in total. The average molecular weight is 292 g/mol. The van der Waals surface area contributed by atoms with Gasteiger partial charge in [-0.3, -0.25) is 10.1 Å². The standard InChI is InChI=1S/C15H20N2O4/c1-3-15(4-2)7-8-16(10-15)12-6-5-11(14(18)19)9-13(12)17(20)21/h5-6,9H,3-4,7-8,10H2,1-2H3,(H,18,19). The molecule has 6 nitrogen and oxygen atoms in total. The summed E-state index contributed by atoms with van der Waals surface area (Å²) in [5.74, 6) is -1.15. The van der Waals surface area contributed by atoms with Crippen LogP contribution >= 0.6 is 0 Å². The Bertz CT molecular complexity index is 567. The van der Waals surface area contributed by atoms with Crippen molar-refractivity contribution in [2.75, 3.05) is 18.0 Å². The second-order valence-electron chi connectivity index (χ2n) is 5.64. The van der Waals surface area contributed by atoms with Gasteiger partial charge < -0.3 is 10.0 Å². The fraction of sp³-hybridized carbons (Fsp3) is 0.533. The highest BCUT2D eigenvalue weighted by Gasteiger charge is 2.37. The first-order chi connectivity index (χ1) is 9.92. The summed E-state index contributed by atoms with van der Waals surface area (Å²) in [4.78, 5) is 23.7. The second-order valence-corrected chi connectivity index (χ2v) is 5.64. The van der Waals surface area contributed by atoms with E-state index in [-0.39, 0.29) is 16.7 Å². The molecular weight excluding hydrogens is 272 g/mol. The van der Waals surface area contributed by atoms with E-state index in [0.717, 1.165) is 38.4 Å². The summed E-state index contributed by atoms with van der Waals surface area (Å²) < 4.78 is 0. The van der Waals surface area contributed by atoms with Crippen LogP contribution in [0.3, 0.4) is 0 Å². The van der Waals surface area contributed by atoms with Gasteiger partial charge in [-0.1, -0.05) is 13.8 Å². The Morgan fingerprint density at radius 2 is 2.10 bits per heavy atom. The van der Waals surface area contributed by atoms with Crippen molar-refractivity contribution in [3.63, 3.8) is 0 Å². The van der Waals surface area contributed by atoms with Crippen molar-refractivity contribution in [2.45, 2.75) is 33.1 Å². The summed E-state index contributed by atoms with van der Waals surface area (Å²) in [7, 11) is 0. The fourth-order valence-electron chi connectivity index (χ4n) is 3.04. The van der Waals surface area contributed by atoms with Crippen LogP contribution in [0.2, 0.25) is 0 Å². The lowest BCUT2D eigenvalue weighted by Crippen LogP contribution is -2.26. The third-order valence-corrected chi connectivity index (χ3v) is 4.70. The number of carbonyl (C=O) groups is 1. The van der Waals surface area contributed by atoms with Crippen LogP contribution in [0.15, 0.2) is 18.2 Å². The molecule has 1 fully saturated rings. The summed E-state index contributed by atoms with van der Waals surface area (Å²) in [6.45, 7) is 5.85. The van der Waals surface area contributed by atoms with Gasteiger partial charge in [0.05, 0.1) is 10.5 Å². The Morgan fingerprint density at radius 3 is 2.57 bits per heavy atom. The summed E-state index contributed by atoms with van der Waals surface area (Å²) >= 11 is 0. The molecule has 1 aromatic carbocycles. The minimum absolute atomic E-state index is 0.0538. The number of nitrogens with zero attached hydrogens (tertiary/aromatic N) is 2. The van der Waals surface area contributed by atoms with Crippen molar-refractivity contribution in [2.24, 2.45) is 5.41 Å². The number of hydrogen-bond acceptors (Lipinski definition) is 4. The number of carboxylic acids is 1. The minimum Gasteiger partial charge on any atom is -0.478 e. The Morgan fingerprint density at radius 1 is 1.43 bits per heavy atom. The van der Waals surface area contributed by atoms with E-state index in [0.29, 0.717) is 5.69 Å². The van der Waals surface area contributed by atoms with Gasteiger partial charge in [0.25, 0.3) is 5.69 Å². The summed E-state index contributed by atoms with van der Waals surface area (Å²) in [5, 5.41) is 20.2. The molecule has 0 unspecified atom stereocenters. The summed E-state index contributed by atoms with van der Waals surface area (Å²) in [5.41, 5.74) is 0.549.